The Bertz CT molecular complexity index is 873. The van der Waals surface area contributed by atoms with Crippen LogP contribution >= 0.6 is 34.2 Å². The first-order chi connectivity index (χ1) is 11.9. The Labute approximate surface area is 164 Å². The maximum absolute atomic E-state index is 12.1. The summed E-state index contributed by atoms with van der Waals surface area (Å²) in [6, 6.07) is 12.9. The van der Waals surface area contributed by atoms with Gasteiger partial charge in [0.05, 0.1) is 16.7 Å². The zero-order valence-electron chi connectivity index (χ0n) is 13.6. The predicted octanol–water partition coefficient (Wildman–Crippen LogP) is 5.08. The fourth-order valence-electron chi connectivity index (χ4n) is 2.26. The Morgan fingerprint density at radius 1 is 1.20 bits per heavy atom. The molecule has 0 N–H and O–H groups in total. The molecule has 0 aliphatic carbocycles. The molecule has 3 rings (SSSR count). The number of hydrogen-bond donors (Lipinski definition) is 0. The van der Waals surface area contributed by atoms with E-state index in [-0.39, 0.29) is 17.7 Å². The van der Waals surface area contributed by atoms with Crippen LogP contribution in [-0.4, -0.2) is 18.0 Å². The van der Waals surface area contributed by atoms with Crippen LogP contribution in [-0.2, 0) is 9.53 Å². The van der Waals surface area contributed by atoms with Gasteiger partial charge in [-0.25, -0.2) is 9.79 Å². The van der Waals surface area contributed by atoms with E-state index >= 15 is 0 Å². The van der Waals surface area contributed by atoms with Crippen LogP contribution in [0.15, 0.2) is 53.2 Å². The standard InChI is InChI=1S/C19H15ClINO3/c1-11(2)24-14-6-3-12(4-7-14)9-17-19(23)25-18(22-17)15-10-13(21)5-8-16(15)20/h3-11H,1-2H3/b17-9-. The van der Waals surface area contributed by atoms with Gasteiger partial charge in [0, 0.05) is 3.57 Å². The lowest BCUT2D eigenvalue weighted by atomic mass is 10.2. The van der Waals surface area contributed by atoms with Crippen molar-refractivity contribution < 1.29 is 14.3 Å². The Morgan fingerprint density at radius 2 is 1.92 bits per heavy atom. The Morgan fingerprint density at radius 3 is 2.60 bits per heavy atom. The summed E-state index contributed by atoms with van der Waals surface area (Å²) >= 11 is 8.35. The van der Waals surface area contributed by atoms with Crippen LogP contribution in [0.5, 0.6) is 5.75 Å². The molecule has 0 aromatic heterocycles. The number of benzene rings is 2. The molecule has 0 fully saturated rings. The number of rotatable bonds is 4. The third-order valence-electron chi connectivity index (χ3n) is 3.33. The van der Waals surface area contributed by atoms with E-state index in [1.54, 1.807) is 12.1 Å². The van der Waals surface area contributed by atoms with E-state index in [2.05, 4.69) is 27.6 Å². The van der Waals surface area contributed by atoms with Crippen molar-refractivity contribution in [2.45, 2.75) is 20.0 Å². The van der Waals surface area contributed by atoms with Crippen LogP contribution in [0, 0.1) is 3.57 Å². The smallest absolute Gasteiger partial charge is 0.363 e. The van der Waals surface area contributed by atoms with E-state index in [1.165, 1.54) is 0 Å². The van der Waals surface area contributed by atoms with E-state index in [4.69, 9.17) is 21.1 Å². The third kappa shape index (κ3) is 4.41. The quantitative estimate of drug-likeness (QED) is 0.358. The molecule has 1 aliphatic heterocycles. The lowest BCUT2D eigenvalue weighted by molar-refractivity contribution is -0.129. The normalized spacial score (nSPS) is 15.5. The van der Waals surface area contributed by atoms with E-state index in [1.807, 2.05) is 50.2 Å². The van der Waals surface area contributed by atoms with Gasteiger partial charge in [-0.05, 0) is 78.4 Å². The van der Waals surface area contributed by atoms with Crippen LogP contribution in [0.1, 0.15) is 25.0 Å². The summed E-state index contributed by atoms with van der Waals surface area (Å²) in [6.45, 7) is 3.94. The van der Waals surface area contributed by atoms with E-state index in [9.17, 15) is 4.79 Å². The van der Waals surface area contributed by atoms with Crippen molar-refractivity contribution in [1.29, 1.82) is 0 Å². The summed E-state index contributed by atoms with van der Waals surface area (Å²) in [5, 5.41) is 0.489. The molecule has 0 atom stereocenters. The number of hydrogen-bond acceptors (Lipinski definition) is 4. The van der Waals surface area contributed by atoms with Crippen LogP contribution < -0.4 is 4.74 Å². The Hall–Kier alpha value is -1.86. The second-order valence-corrected chi connectivity index (χ2v) is 7.35. The monoisotopic (exact) mass is 467 g/mol. The molecule has 0 spiro atoms. The maximum Gasteiger partial charge on any atom is 0.363 e. The molecule has 2 aromatic rings. The minimum atomic E-state index is -0.493. The van der Waals surface area contributed by atoms with Crippen molar-refractivity contribution in [3.8, 4) is 5.75 Å². The summed E-state index contributed by atoms with van der Waals surface area (Å²) in [5.41, 5.74) is 1.68. The number of nitrogens with zero attached hydrogens (tertiary/aromatic N) is 1. The van der Waals surface area contributed by atoms with Crippen LogP contribution in [0.3, 0.4) is 0 Å². The van der Waals surface area contributed by atoms with Gasteiger partial charge >= 0.3 is 5.97 Å². The second kappa shape index (κ2) is 7.58. The molecule has 4 nitrogen and oxygen atoms in total. The number of ether oxygens (including phenoxy) is 2. The molecule has 0 amide bonds. The van der Waals surface area contributed by atoms with Gasteiger partial charge in [-0.3, -0.25) is 0 Å². The minimum Gasteiger partial charge on any atom is -0.491 e. The first-order valence-electron chi connectivity index (χ1n) is 7.67. The molecule has 0 saturated carbocycles. The molecule has 0 unspecified atom stereocenters. The highest BCUT2D eigenvalue weighted by atomic mass is 127. The van der Waals surface area contributed by atoms with Crippen LogP contribution in [0.25, 0.3) is 6.08 Å². The number of halogens is 2. The molecule has 2 aromatic carbocycles. The summed E-state index contributed by atoms with van der Waals surface area (Å²) in [5.74, 6) is 0.507. The average Bonchev–Trinajstić information content (AvgIpc) is 2.92. The number of carbonyl (C=O) groups excluding carboxylic acids is 1. The predicted molar refractivity (Wildman–Crippen MR) is 107 cm³/mol. The van der Waals surface area contributed by atoms with Crippen molar-refractivity contribution in [3.63, 3.8) is 0 Å². The summed E-state index contributed by atoms with van der Waals surface area (Å²) < 4.78 is 11.9. The highest BCUT2D eigenvalue weighted by Crippen LogP contribution is 2.25. The molecule has 6 heteroatoms. The Kier molecular flexibility index (Phi) is 5.44. The molecule has 128 valence electrons. The fourth-order valence-corrected chi connectivity index (χ4v) is 2.95. The zero-order chi connectivity index (χ0) is 18.0. The molecular weight excluding hydrogens is 453 g/mol. The lowest BCUT2D eigenvalue weighted by Gasteiger charge is -2.09. The number of cyclic esters (lactones) is 1. The SMILES string of the molecule is CC(C)Oc1ccc(/C=C2\N=C(c3cc(I)ccc3Cl)OC2=O)cc1. The zero-order valence-corrected chi connectivity index (χ0v) is 16.5. The molecule has 1 aliphatic rings. The van der Waals surface area contributed by atoms with Crippen molar-refractivity contribution in [3.05, 3.63) is 67.9 Å². The van der Waals surface area contributed by atoms with Crippen LogP contribution in [0.2, 0.25) is 5.02 Å². The summed E-state index contributed by atoms with van der Waals surface area (Å²) in [4.78, 5) is 16.4. The highest BCUT2D eigenvalue weighted by Gasteiger charge is 2.25. The fraction of sp³-hybridized carbons (Fsp3) is 0.158. The van der Waals surface area contributed by atoms with Crippen molar-refractivity contribution in [1.82, 2.24) is 0 Å². The minimum absolute atomic E-state index is 0.111. The highest BCUT2D eigenvalue weighted by molar-refractivity contribution is 14.1. The van der Waals surface area contributed by atoms with E-state index in [0.29, 0.717) is 10.6 Å². The van der Waals surface area contributed by atoms with Gasteiger partial charge in [-0.2, -0.15) is 0 Å². The molecule has 0 radical (unpaired) electrons. The van der Waals surface area contributed by atoms with Crippen molar-refractivity contribution in [2.75, 3.05) is 0 Å². The van der Waals surface area contributed by atoms with Crippen molar-refractivity contribution in [2.24, 2.45) is 4.99 Å². The van der Waals surface area contributed by atoms with E-state index < -0.39 is 5.97 Å². The van der Waals surface area contributed by atoms with Gasteiger partial charge in [0.15, 0.2) is 5.70 Å². The molecule has 0 bridgehead atoms. The summed E-state index contributed by atoms with van der Waals surface area (Å²) in [6.07, 6.45) is 1.79. The van der Waals surface area contributed by atoms with Gasteiger partial charge in [0.2, 0.25) is 5.90 Å². The number of aliphatic imine (C=N–C) groups is 1. The van der Waals surface area contributed by atoms with Gasteiger partial charge in [0.25, 0.3) is 0 Å². The number of esters is 1. The van der Waals surface area contributed by atoms with E-state index in [0.717, 1.165) is 14.9 Å². The van der Waals surface area contributed by atoms with Crippen molar-refractivity contribution >= 4 is 52.1 Å². The second-order valence-electron chi connectivity index (χ2n) is 5.70. The molecular formula is C19H15ClINO3. The Balaban J connectivity index is 1.87. The lowest BCUT2D eigenvalue weighted by Crippen LogP contribution is -2.06. The topological polar surface area (TPSA) is 47.9 Å². The van der Waals surface area contributed by atoms with Crippen LogP contribution in [0.4, 0.5) is 0 Å². The third-order valence-corrected chi connectivity index (χ3v) is 4.34. The molecule has 1 heterocycles. The molecule has 0 saturated heterocycles. The largest absolute Gasteiger partial charge is 0.491 e. The first-order valence-corrected chi connectivity index (χ1v) is 9.13. The van der Waals surface area contributed by atoms with Gasteiger partial charge in [-0.1, -0.05) is 23.7 Å². The molecule has 25 heavy (non-hydrogen) atoms. The van der Waals surface area contributed by atoms with Gasteiger partial charge < -0.3 is 9.47 Å². The number of carbonyl (C=O) groups is 1. The van der Waals surface area contributed by atoms with Gasteiger partial charge in [0.1, 0.15) is 5.75 Å². The maximum atomic E-state index is 12.1. The average molecular weight is 468 g/mol. The van der Waals surface area contributed by atoms with Gasteiger partial charge in [-0.15, -0.1) is 0 Å². The summed E-state index contributed by atoms with van der Waals surface area (Å²) in [7, 11) is 0. The first kappa shape index (κ1) is 17.9.